The molecule has 0 atom stereocenters. The summed E-state index contributed by atoms with van der Waals surface area (Å²) in [6, 6.07) is 14.5. The Morgan fingerprint density at radius 1 is 1.07 bits per heavy atom. The molecule has 7 heteroatoms. The first-order chi connectivity index (χ1) is 12.8. The molecular weight excluding hydrogens is 451 g/mol. The van der Waals surface area contributed by atoms with Gasteiger partial charge in [0.1, 0.15) is 12.1 Å². The van der Waals surface area contributed by atoms with E-state index in [0.29, 0.717) is 6.54 Å². The summed E-state index contributed by atoms with van der Waals surface area (Å²) in [5.41, 5.74) is 2.42. The summed E-state index contributed by atoms with van der Waals surface area (Å²) >= 11 is 0. The number of pyridine rings is 1. The highest BCUT2D eigenvalue weighted by molar-refractivity contribution is 14.0. The van der Waals surface area contributed by atoms with Crippen molar-refractivity contribution >= 4 is 29.9 Å². The second kappa shape index (κ2) is 11.3. The van der Waals surface area contributed by atoms with Crippen molar-refractivity contribution in [3.8, 4) is 5.82 Å². The van der Waals surface area contributed by atoms with Gasteiger partial charge >= 0.3 is 0 Å². The third-order valence-electron chi connectivity index (χ3n) is 3.89. The monoisotopic (exact) mass is 476 g/mol. The maximum absolute atomic E-state index is 4.68. The second-order valence-electron chi connectivity index (χ2n) is 5.85. The van der Waals surface area contributed by atoms with E-state index < -0.39 is 0 Å². The first kappa shape index (κ1) is 20.9. The lowest BCUT2D eigenvalue weighted by Crippen LogP contribution is -2.38. The van der Waals surface area contributed by atoms with E-state index >= 15 is 0 Å². The van der Waals surface area contributed by atoms with Crippen LogP contribution in [0.2, 0.25) is 0 Å². The van der Waals surface area contributed by atoms with Crippen molar-refractivity contribution in [1.29, 1.82) is 0 Å². The van der Waals surface area contributed by atoms with E-state index in [1.807, 2.05) is 29.0 Å². The summed E-state index contributed by atoms with van der Waals surface area (Å²) < 4.78 is 1.89. The quantitative estimate of drug-likeness (QED) is 0.312. The van der Waals surface area contributed by atoms with Gasteiger partial charge in [0.05, 0.1) is 6.54 Å². The van der Waals surface area contributed by atoms with Gasteiger partial charge in [-0.05, 0) is 36.6 Å². The standard InChI is InChI=1S/C20H24N6.HI/c1-2-22-20(24-11-8-17-6-4-3-5-7-17)25-15-18-9-10-23-19(14-18)26-13-12-21-16-26;/h3-7,9-10,12-14,16H,2,8,11,15H2,1H3,(H2,22,24,25);1H. The molecule has 3 rings (SSSR count). The zero-order valence-electron chi connectivity index (χ0n) is 15.4. The van der Waals surface area contributed by atoms with Crippen molar-refractivity contribution in [3.63, 3.8) is 0 Å². The van der Waals surface area contributed by atoms with E-state index in [9.17, 15) is 0 Å². The van der Waals surface area contributed by atoms with Crippen molar-refractivity contribution in [2.24, 2.45) is 4.99 Å². The predicted octanol–water partition coefficient (Wildman–Crippen LogP) is 3.18. The van der Waals surface area contributed by atoms with Crippen LogP contribution in [0, 0.1) is 0 Å². The summed E-state index contributed by atoms with van der Waals surface area (Å²) in [7, 11) is 0. The molecule has 0 bridgehead atoms. The van der Waals surface area contributed by atoms with Crippen molar-refractivity contribution in [2.45, 2.75) is 19.9 Å². The lowest BCUT2D eigenvalue weighted by Gasteiger charge is -2.11. The minimum atomic E-state index is 0. The molecular formula is C20H25IN6. The van der Waals surface area contributed by atoms with Crippen LogP contribution in [-0.4, -0.2) is 33.6 Å². The van der Waals surface area contributed by atoms with Crippen LogP contribution in [0.1, 0.15) is 18.1 Å². The van der Waals surface area contributed by atoms with E-state index in [-0.39, 0.29) is 24.0 Å². The molecule has 0 amide bonds. The molecule has 2 N–H and O–H groups in total. The van der Waals surface area contributed by atoms with Gasteiger partial charge in [0.2, 0.25) is 0 Å². The predicted molar refractivity (Wildman–Crippen MR) is 120 cm³/mol. The van der Waals surface area contributed by atoms with Gasteiger partial charge < -0.3 is 10.6 Å². The van der Waals surface area contributed by atoms with Crippen molar-refractivity contribution in [1.82, 2.24) is 25.2 Å². The normalized spacial score (nSPS) is 10.9. The fraction of sp³-hybridized carbons (Fsp3) is 0.250. The van der Waals surface area contributed by atoms with Gasteiger partial charge in [-0.25, -0.2) is 15.0 Å². The maximum atomic E-state index is 4.68. The number of halogens is 1. The highest BCUT2D eigenvalue weighted by atomic mass is 127. The molecule has 1 aromatic carbocycles. The molecule has 0 unspecified atom stereocenters. The maximum Gasteiger partial charge on any atom is 0.191 e. The fourth-order valence-electron chi connectivity index (χ4n) is 2.58. The minimum Gasteiger partial charge on any atom is -0.357 e. The molecule has 0 radical (unpaired) electrons. The molecule has 142 valence electrons. The Bertz CT molecular complexity index is 818. The third-order valence-corrected chi connectivity index (χ3v) is 3.89. The number of hydrogen-bond acceptors (Lipinski definition) is 3. The smallest absolute Gasteiger partial charge is 0.191 e. The van der Waals surface area contributed by atoms with Crippen LogP contribution in [0.25, 0.3) is 5.82 Å². The number of nitrogens with zero attached hydrogens (tertiary/aromatic N) is 4. The summed E-state index contributed by atoms with van der Waals surface area (Å²) in [6.45, 7) is 4.32. The fourth-order valence-corrected chi connectivity index (χ4v) is 2.58. The minimum absolute atomic E-state index is 0. The number of nitrogens with one attached hydrogen (secondary N) is 2. The first-order valence-electron chi connectivity index (χ1n) is 8.84. The number of hydrogen-bond donors (Lipinski definition) is 2. The SMILES string of the molecule is CCNC(=NCc1ccnc(-n2ccnc2)c1)NCCc1ccccc1.I. The second-order valence-corrected chi connectivity index (χ2v) is 5.85. The van der Waals surface area contributed by atoms with Crippen LogP contribution in [-0.2, 0) is 13.0 Å². The molecule has 2 aromatic heterocycles. The number of imidazole rings is 1. The Morgan fingerprint density at radius 3 is 2.67 bits per heavy atom. The number of aliphatic imine (C=N–C) groups is 1. The lowest BCUT2D eigenvalue weighted by molar-refractivity contribution is 0.799. The molecule has 0 saturated carbocycles. The highest BCUT2D eigenvalue weighted by Crippen LogP contribution is 2.08. The van der Waals surface area contributed by atoms with Gasteiger partial charge in [-0.15, -0.1) is 24.0 Å². The summed E-state index contributed by atoms with van der Waals surface area (Å²) in [4.78, 5) is 13.1. The van der Waals surface area contributed by atoms with E-state index in [2.05, 4.69) is 56.8 Å². The van der Waals surface area contributed by atoms with Crippen LogP contribution < -0.4 is 10.6 Å². The highest BCUT2D eigenvalue weighted by Gasteiger charge is 2.01. The zero-order chi connectivity index (χ0) is 18.0. The molecule has 27 heavy (non-hydrogen) atoms. The number of guanidine groups is 1. The molecule has 3 aromatic rings. The molecule has 0 aliphatic rings. The van der Waals surface area contributed by atoms with Gasteiger partial charge in [0, 0.05) is 31.7 Å². The van der Waals surface area contributed by atoms with Crippen LogP contribution >= 0.6 is 24.0 Å². The largest absolute Gasteiger partial charge is 0.357 e. The van der Waals surface area contributed by atoms with Crippen LogP contribution in [0.3, 0.4) is 0 Å². The van der Waals surface area contributed by atoms with E-state index in [1.165, 1.54) is 5.56 Å². The Balaban J connectivity index is 0.00000261. The molecule has 0 aliphatic carbocycles. The molecule has 0 fully saturated rings. The Labute approximate surface area is 177 Å². The van der Waals surface area contributed by atoms with Gasteiger partial charge in [0.15, 0.2) is 5.96 Å². The van der Waals surface area contributed by atoms with Crippen LogP contribution in [0.15, 0.2) is 72.4 Å². The van der Waals surface area contributed by atoms with Crippen molar-refractivity contribution < 1.29 is 0 Å². The third kappa shape index (κ3) is 6.67. The zero-order valence-corrected chi connectivity index (χ0v) is 17.7. The van der Waals surface area contributed by atoms with Crippen LogP contribution in [0.5, 0.6) is 0 Å². The van der Waals surface area contributed by atoms with Crippen LogP contribution in [0.4, 0.5) is 0 Å². The first-order valence-corrected chi connectivity index (χ1v) is 8.84. The van der Waals surface area contributed by atoms with Crippen molar-refractivity contribution in [3.05, 3.63) is 78.5 Å². The molecule has 0 aliphatic heterocycles. The molecule has 6 nitrogen and oxygen atoms in total. The Hall–Kier alpha value is -2.42. The lowest BCUT2D eigenvalue weighted by atomic mass is 10.1. The summed E-state index contributed by atoms with van der Waals surface area (Å²) in [5, 5.41) is 6.68. The molecule has 0 saturated heterocycles. The average molecular weight is 476 g/mol. The number of rotatable bonds is 7. The van der Waals surface area contributed by atoms with Gasteiger partial charge in [-0.3, -0.25) is 4.57 Å². The Kier molecular flexibility index (Phi) is 8.76. The summed E-state index contributed by atoms with van der Waals surface area (Å²) in [5.74, 6) is 1.67. The van der Waals surface area contributed by atoms with Gasteiger partial charge in [-0.2, -0.15) is 0 Å². The van der Waals surface area contributed by atoms with Gasteiger partial charge in [0.25, 0.3) is 0 Å². The van der Waals surface area contributed by atoms with E-state index in [1.54, 1.807) is 18.7 Å². The topological polar surface area (TPSA) is 67.1 Å². The van der Waals surface area contributed by atoms with E-state index in [0.717, 1.165) is 36.9 Å². The number of aromatic nitrogens is 3. The van der Waals surface area contributed by atoms with Gasteiger partial charge in [-0.1, -0.05) is 30.3 Å². The Morgan fingerprint density at radius 2 is 1.93 bits per heavy atom. The van der Waals surface area contributed by atoms with E-state index in [4.69, 9.17) is 0 Å². The number of benzene rings is 1. The molecule has 2 heterocycles. The summed E-state index contributed by atoms with van der Waals surface area (Å²) in [6.07, 6.45) is 8.13. The molecule has 0 spiro atoms. The van der Waals surface area contributed by atoms with Crippen molar-refractivity contribution in [2.75, 3.05) is 13.1 Å². The average Bonchev–Trinajstić information content (AvgIpc) is 3.22.